The zero-order valence-corrected chi connectivity index (χ0v) is 13.2. The predicted molar refractivity (Wildman–Crippen MR) is 80.1 cm³/mol. The molecule has 0 spiro atoms. The molecule has 1 aromatic rings. The summed E-state index contributed by atoms with van der Waals surface area (Å²) >= 11 is 3.40. The second-order valence-electron chi connectivity index (χ2n) is 5.47. The first-order valence-electron chi connectivity index (χ1n) is 6.73. The van der Waals surface area contributed by atoms with E-state index in [9.17, 15) is 0 Å². The monoisotopic (exact) mass is 327 g/mol. The van der Waals surface area contributed by atoms with E-state index < -0.39 is 0 Å². The lowest BCUT2D eigenvalue weighted by atomic mass is 10.0. The predicted octanol–water partition coefficient (Wildman–Crippen LogP) is 2.04. The van der Waals surface area contributed by atoms with Crippen LogP contribution in [0.2, 0.25) is 0 Å². The Hall–Kier alpha value is -0.490. The number of rotatable bonds is 5. The number of nitrogens with zero attached hydrogens (tertiary/aromatic N) is 2. The molecule has 1 saturated heterocycles. The lowest BCUT2D eigenvalue weighted by Crippen LogP contribution is -2.54. The molecule has 4 nitrogen and oxygen atoms in total. The highest BCUT2D eigenvalue weighted by Crippen LogP contribution is 2.15. The summed E-state index contributed by atoms with van der Waals surface area (Å²) in [4.78, 5) is 6.91. The summed E-state index contributed by atoms with van der Waals surface area (Å²) in [6.45, 7) is 10.0. The van der Waals surface area contributed by atoms with Gasteiger partial charge in [0.25, 0.3) is 0 Å². The van der Waals surface area contributed by atoms with Gasteiger partial charge in [-0.15, -0.1) is 0 Å². The van der Waals surface area contributed by atoms with Crippen LogP contribution in [-0.4, -0.2) is 48.3 Å². The van der Waals surface area contributed by atoms with E-state index in [4.69, 9.17) is 4.74 Å². The van der Waals surface area contributed by atoms with E-state index in [-0.39, 0.29) is 5.54 Å². The third kappa shape index (κ3) is 4.53. The minimum Gasteiger partial charge on any atom is -0.379 e. The molecule has 0 amide bonds. The molecule has 106 valence electrons. The average molecular weight is 328 g/mol. The smallest absolute Gasteiger partial charge is 0.106 e. The summed E-state index contributed by atoms with van der Waals surface area (Å²) < 4.78 is 6.29. The standard InChI is InChI=1S/C14H22BrN3O/c1-14(2,18-6-8-19-9-7-18)11-16-10-12-4-3-5-13(15)17-12/h3-5,16H,6-11H2,1-2H3. The molecule has 1 fully saturated rings. The normalized spacial score (nSPS) is 17.6. The van der Waals surface area contributed by atoms with Crippen molar-refractivity contribution in [1.82, 2.24) is 15.2 Å². The molecule has 1 N–H and O–H groups in total. The Kier molecular flexibility index (Phi) is 5.33. The molecule has 0 bridgehead atoms. The zero-order valence-electron chi connectivity index (χ0n) is 11.7. The first-order chi connectivity index (χ1) is 9.08. The fourth-order valence-electron chi connectivity index (χ4n) is 2.33. The van der Waals surface area contributed by atoms with Crippen molar-refractivity contribution in [3.8, 4) is 0 Å². The van der Waals surface area contributed by atoms with Crippen LogP contribution in [-0.2, 0) is 11.3 Å². The van der Waals surface area contributed by atoms with E-state index in [1.54, 1.807) is 0 Å². The minimum absolute atomic E-state index is 0.149. The molecule has 1 aliphatic rings. The number of pyridine rings is 1. The van der Waals surface area contributed by atoms with E-state index >= 15 is 0 Å². The Morgan fingerprint density at radius 1 is 1.37 bits per heavy atom. The van der Waals surface area contributed by atoms with Crippen molar-refractivity contribution < 1.29 is 4.74 Å². The van der Waals surface area contributed by atoms with Crippen LogP contribution in [0.4, 0.5) is 0 Å². The van der Waals surface area contributed by atoms with Crippen LogP contribution in [0, 0.1) is 0 Å². The van der Waals surface area contributed by atoms with Crippen LogP contribution < -0.4 is 5.32 Å². The molecular formula is C14H22BrN3O. The van der Waals surface area contributed by atoms with Gasteiger partial charge in [0.1, 0.15) is 4.60 Å². The molecular weight excluding hydrogens is 306 g/mol. The minimum atomic E-state index is 0.149. The Labute approximate surface area is 123 Å². The van der Waals surface area contributed by atoms with Crippen molar-refractivity contribution in [1.29, 1.82) is 0 Å². The van der Waals surface area contributed by atoms with Crippen LogP contribution in [0.3, 0.4) is 0 Å². The molecule has 1 aliphatic heterocycles. The highest BCUT2D eigenvalue weighted by atomic mass is 79.9. The van der Waals surface area contributed by atoms with Gasteiger partial charge in [-0.25, -0.2) is 4.98 Å². The van der Waals surface area contributed by atoms with Gasteiger partial charge in [0.15, 0.2) is 0 Å². The molecule has 0 aliphatic carbocycles. The molecule has 0 radical (unpaired) electrons. The largest absolute Gasteiger partial charge is 0.379 e. The number of morpholine rings is 1. The first kappa shape index (κ1) is 14.9. The molecule has 2 rings (SSSR count). The maximum atomic E-state index is 5.40. The molecule has 2 heterocycles. The van der Waals surface area contributed by atoms with Crippen LogP contribution in [0.5, 0.6) is 0 Å². The van der Waals surface area contributed by atoms with E-state index in [2.05, 4.69) is 45.0 Å². The van der Waals surface area contributed by atoms with Crippen molar-refractivity contribution in [3.63, 3.8) is 0 Å². The fourth-order valence-corrected chi connectivity index (χ4v) is 2.71. The fraction of sp³-hybridized carbons (Fsp3) is 0.643. The number of hydrogen-bond donors (Lipinski definition) is 1. The summed E-state index contributed by atoms with van der Waals surface area (Å²) in [7, 11) is 0. The van der Waals surface area contributed by atoms with E-state index in [1.807, 2.05) is 18.2 Å². The van der Waals surface area contributed by atoms with Gasteiger partial charge in [-0.3, -0.25) is 4.90 Å². The number of aromatic nitrogens is 1. The van der Waals surface area contributed by atoms with Crippen LogP contribution in [0.15, 0.2) is 22.8 Å². The van der Waals surface area contributed by atoms with E-state index in [0.29, 0.717) is 0 Å². The summed E-state index contributed by atoms with van der Waals surface area (Å²) in [5.41, 5.74) is 1.21. The maximum absolute atomic E-state index is 5.40. The first-order valence-corrected chi connectivity index (χ1v) is 7.52. The topological polar surface area (TPSA) is 37.4 Å². The maximum Gasteiger partial charge on any atom is 0.106 e. The summed E-state index contributed by atoms with van der Waals surface area (Å²) in [6.07, 6.45) is 0. The third-order valence-corrected chi connectivity index (χ3v) is 3.95. The van der Waals surface area contributed by atoms with Crippen molar-refractivity contribution in [2.24, 2.45) is 0 Å². The van der Waals surface area contributed by atoms with Gasteiger partial charge in [0.2, 0.25) is 0 Å². The van der Waals surface area contributed by atoms with Gasteiger partial charge in [0, 0.05) is 31.7 Å². The molecule has 1 aromatic heterocycles. The second-order valence-corrected chi connectivity index (χ2v) is 6.28. The molecule has 0 saturated carbocycles. The van der Waals surface area contributed by atoms with Gasteiger partial charge in [0.05, 0.1) is 18.9 Å². The molecule has 5 heteroatoms. The van der Waals surface area contributed by atoms with Gasteiger partial charge in [-0.2, -0.15) is 0 Å². The van der Waals surface area contributed by atoms with Crippen molar-refractivity contribution in [2.75, 3.05) is 32.8 Å². The van der Waals surface area contributed by atoms with Crippen molar-refractivity contribution in [3.05, 3.63) is 28.5 Å². The van der Waals surface area contributed by atoms with Gasteiger partial charge in [-0.05, 0) is 41.9 Å². The number of halogens is 1. The highest BCUT2D eigenvalue weighted by molar-refractivity contribution is 9.10. The van der Waals surface area contributed by atoms with Crippen molar-refractivity contribution in [2.45, 2.75) is 25.9 Å². The summed E-state index contributed by atoms with van der Waals surface area (Å²) in [5, 5.41) is 3.50. The van der Waals surface area contributed by atoms with Gasteiger partial charge >= 0.3 is 0 Å². The summed E-state index contributed by atoms with van der Waals surface area (Å²) in [5.74, 6) is 0. The Balaban J connectivity index is 1.80. The number of ether oxygens (including phenoxy) is 1. The van der Waals surface area contributed by atoms with E-state index in [1.165, 1.54) is 0 Å². The number of nitrogens with one attached hydrogen (secondary N) is 1. The van der Waals surface area contributed by atoms with Gasteiger partial charge < -0.3 is 10.1 Å². The average Bonchev–Trinajstić information content (AvgIpc) is 2.40. The van der Waals surface area contributed by atoms with Crippen LogP contribution >= 0.6 is 15.9 Å². The lowest BCUT2D eigenvalue weighted by Gasteiger charge is -2.41. The number of hydrogen-bond acceptors (Lipinski definition) is 4. The van der Waals surface area contributed by atoms with E-state index in [0.717, 1.165) is 49.7 Å². The quantitative estimate of drug-likeness (QED) is 0.840. The SMILES string of the molecule is CC(C)(CNCc1cccc(Br)n1)N1CCOCC1. The van der Waals surface area contributed by atoms with Crippen LogP contribution in [0.1, 0.15) is 19.5 Å². The Morgan fingerprint density at radius 3 is 2.79 bits per heavy atom. The molecule has 0 aromatic carbocycles. The lowest BCUT2D eigenvalue weighted by molar-refractivity contribution is -0.00968. The van der Waals surface area contributed by atoms with Gasteiger partial charge in [-0.1, -0.05) is 6.07 Å². The summed E-state index contributed by atoms with van der Waals surface area (Å²) in [6, 6.07) is 6.00. The Bertz CT molecular complexity index is 405. The van der Waals surface area contributed by atoms with Crippen molar-refractivity contribution >= 4 is 15.9 Å². The second kappa shape index (κ2) is 6.79. The Morgan fingerprint density at radius 2 is 2.11 bits per heavy atom. The zero-order chi connectivity index (χ0) is 13.7. The highest BCUT2D eigenvalue weighted by Gasteiger charge is 2.27. The third-order valence-electron chi connectivity index (χ3n) is 3.50. The molecule has 0 atom stereocenters. The van der Waals surface area contributed by atoms with Crippen LogP contribution in [0.25, 0.3) is 0 Å². The molecule has 0 unspecified atom stereocenters. The molecule has 19 heavy (non-hydrogen) atoms.